The second-order valence-corrected chi connectivity index (χ2v) is 5.79. The molecule has 1 amide bonds. The van der Waals surface area contributed by atoms with E-state index in [-0.39, 0.29) is 12.5 Å². The van der Waals surface area contributed by atoms with Crippen molar-refractivity contribution in [1.29, 1.82) is 0 Å². The third-order valence-corrected chi connectivity index (χ3v) is 4.12. The second kappa shape index (κ2) is 7.88. The number of aromatic nitrogens is 2. The highest BCUT2D eigenvalue weighted by Crippen LogP contribution is 2.15. The van der Waals surface area contributed by atoms with Crippen molar-refractivity contribution in [3.8, 4) is 0 Å². The zero-order valence-electron chi connectivity index (χ0n) is 13.9. The summed E-state index contributed by atoms with van der Waals surface area (Å²) in [6.45, 7) is 3.09. The molecule has 2 aromatic rings. The van der Waals surface area contributed by atoms with E-state index in [1.165, 1.54) is 5.56 Å². The molecule has 1 fully saturated rings. The summed E-state index contributed by atoms with van der Waals surface area (Å²) in [6, 6.07) is 12.1. The van der Waals surface area contributed by atoms with Gasteiger partial charge in [0.15, 0.2) is 0 Å². The molecule has 0 aliphatic carbocycles. The van der Waals surface area contributed by atoms with Crippen LogP contribution in [-0.2, 0) is 16.0 Å². The van der Waals surface area contributed by atoms with Crippen LogP contribution in [0.15, 0.2) is 42.6 Å². The molecule has 3 rings (SSSR count). The van der Waals surface area contributed by atoms with Crippen molar-refractivity contribution in [2.45, 2.75) is 6.42 Å². The maximum atomic E-state index is 11.9. The van der Waals surface area contributed by atoms with Gasteiger partial charge in [-0.25, -0.2) is 9.97 Å². The minimum atomic E-state index is 0.0459. The molecule has 1 aromatic heterocycles. The maximum Gasteiger partial charge on any atom is 0.248 e. The number of rotatable bonds is 5. The van der Waals surface area contributed by atoms with Crippen LogP contribution >= 0.6 is 0 Å². The molecule has 0 unspecified atom stereocenters. The highest BCUT2D eigenvalue weighted by atomic mass is 16.5. The summed E-state index contributed by atoms with van der Waals surface area (Å²) in [6.07, 6.45) is 2.53. The number of hydrogen-bond donors (Lipinski definition) is 0. The van der Waals surface area contributed by atoms with Crippen molar-refractivity contribution in [2.24, 2.45) is 0 Å². The van der Waals surface area contributed by atoms with Gasteiger partial charge in [-0.2, -0.15) is 0 Å². The Morgan fingerprint density at radius 3 is 2.58 bits per heavy atom. The standard InChI is InChI=1S/C18H22N4O2/c1-24-14-18(23)22-11-9-21(10-12-22)17-7-8-19-16(20-17)13-15-5-3-2-4-6-15/h2-8H,9-14H2,1H3. The molecule has 126 valence electrons. The van der Waals surface area contributed by atoms with Crippen LogP contribution in [0.25, 0.3) is 0 Å². The predicted molar refractivity (Wildman–Crippen MR) is 91.9 cm³/mol. The van der Waals surface area contributed by atoms with Crippen LogP contribution < -0.4 is 4.90 Å². The third kappa shape index (κ3) is 4.08. The van der Waals surface area contributed by atoms with Gasteiger partial charge in [0, 0.05) is 45.9 Å². The van der Waals surface area contributed by atoms with Crippen molar-refractivity contribution in [1.82, 2.24) is 14.9 Å². The molecule has 1 saturated heterocycles. The van der Waals surface area contributed by atoms with Gasteiger partial charge in [-0.05, 0) is 11.6 Å². The van der Waals surface area contributed by atoms with E-state index in [0.29, 0.717) is 13.1 Å². The monoisotopic (exact) mass is 326 g/mol. The average Bonchev–Trinajstić information content (AvgIpc) is 2.63. The van der Waals surface area contributed by atoms with E-state index in [9.17, 15) is 4.79 Å². The van der Waals surface area contributed by atoms with E-state index in [2.05, 4.69) is 27.0 Å². The molecule has 24 heavy (non-hydrogen) atoms. The lowest BCUT2D eigenvalue weighted by molar-refractivity contribution is -0.135. The topological polar surface area (TPSA) is 58.6 Å². The molecule has 0 atom stereocenters. The summed E-state index contributed by atoms with van der Waals surface area (Å²) in [5, 5.41) is 0. The third-order valence-electron chi connectivity index (χ3n) is 4.12. The lowest BCUT2D eigenvalue weighted by Gasteiger charge is -2.35. The Bertz CT molecular complexity index is 670. The van der Waals surface area contributed by atoms with Crippen LogP contribution in [0.2, 0.25) is 0 Å². The molecular weight excluding hydrogens is 304 g/mol. The van der Waals surface area contributed by atoms with E-state index < -0.39 is 0 Å². The number of carbonyl (C=O) groups excluding carboxylic acids is 1. The Morgan fingerprint density at radius 1 is 1.12 bits per heavy atom. The zero-order chi connectivity index (χ0) is 16.8. The first-order chi connectivity index (χ1) is 11.8. The van der Waals surface area contributed by atoms with Gasteiger partial charge in [-0.15, -0.1) is 0 Å². The number of piperazine rings is 1. The fraction of sp³-hybridized carbons (Fsp3) is 0.389. The molecule has 1 aromatic carbocycles. The Morgan fingerprint density at radius 2 is 1.88 bits per heavy atom. The fourth-order valence-electron chi connectivity index (χ4n) is 2.83. The van der Waals surface area contributed by atoms with Gasteiger partial charge in [0.2, 0.25) is 5.91 Å². The number of carbonyl (C=O) groups is 1. The summed E-state index contributed by atoms with van der Waals surface area (Å²) in [7, 11) is 1.54. The van der Waals surface area contributed by atoms with E-state index in [1.54, 1.807) is 7.11 Å². The quantitative estimate of drug-likeness (QED) is 0.830. The molecule has 0 bridgehead atoms. The molecule has 0 saturated carbocycles. The van der Waals surface area contributed by atoms with Crippen LogP contribution in [0.5, 0.6) is 0 Å². The summed E-state index contributed by atoms with van der Waals surface area (Å²) in [5.41, 5.74) is 1.20. The number of ether oxygens (including phenoxy) is 1. The molecule has 2 heterocycles. The molecular formula is C18H22N4O2. The van der Waals surface area contributed by atoms with Gasteiger partial charge < -0.3 is 14.5 Å². The summed E-state index contributed by atoms with van der Waals surface area (Å²) in [4.78, 5) is 25.0. The Labute approximate surface area is 142 Å². The first-order valence-corrected chi connectivity index (χ1v) is 8.14. The molecule has 6 nitrogen and oxygen atoms in total. The van der Waals surface area contributed by atoms with Gasteiger partial charge in [0.05, 0.1) is 0 Å². The average molecular weight is 326 g/mol. The summed E-state index contributed by atoms with van der Waals surface area (Å²) >= 11 is 0. The smallest absolute Gasteiger partial charge is 0.248 e. The minimum absolute atomic E-state index is 0.0459. The van der Waals surface area contributed by atoms with E-state index in [0.717, 1.165) is 31.2 Å². The molecule has 6 heteroatoms. The zero-order valence-corrected chi connectivity index (χ0v) is 13.9. The van der Waals surface area contributed by atoms with Crippen LogP contribution in [0.4, 0.5) is 5.82 Å². The molecule has 0 N–H and O–H groups in total. The molecule has 1 aliphatic heterocycles. The normalized spacial score (nSPS) is 14.7. The second-order valence-electron chi connectivity index (χ2n) is 5.79. The lowest BCUT2D eigenvalue weighted by Crippen LogP contribution is -2.50. The number of amides is 1. The van der Waals surface area contributed by atoms with E-state index in [1.807, 2.05) is 35.4 Å². The largest absolute Gasteiger partial charge is 0.375 e. The van der Waals surface area contributed by atoms with Crippen LogP contribution in [0, 0.1) is 0 Å². The van der Waals surface area contributed by atoms with E-state index in [4.69, 9.17) is 4.74 Å². The van der Waals surface area contributed by atoms with Crippen molar-refractivity contribution in [2.75, 3.05) is 44.8 Å². The number of methoxy groups -OCH3 is 1. The van der Waals surface area contributed by atoms with Gasteiger partial charge in [0.1, 0.15) is 18.2 Å². The van der Waals surface area contributed by atoms with Crippen molar-refractivity contribution in [3.63, 3.8) is 0 Å². The Hall–Kier alpha value is -2.47. The summed E-state index contributed by atoms with van der Waals surface area (Å²) < 4.78 is 4.92. The predicted octanol–water partition coefficient (Wildman–Crippen LogP) is 1.36. The van der Waals surface area contributed by atoms with Crippen LogP contribution in [0.1, 0.15) is 11.4 Å². The van der Waals surface area contributed by atoms with Crippen molar-refractivity contribution < 1.29 is 9.53 Å². The van der Waals surface area contributed by atoms with Gasteiger partial charge in [-0.1, -0.05) is 30.3 Å². The number of anilines is 1. The minimum Gasteiger partial charge on any atom is -0.375 e. The van der Waals surface area contributed by atoms with Crippen LogP contribution in [-0.4, -0.2) is 60.7 Å². The number of hydrogen-bond acceptors (Lipinski definition) is 5. The fourth-order valence-corrected chi connectivity index (χ4v) is 2.83. The first kappa shape index (κ1) is 16.4. The Balaban J connectivity index is 1.62. The van der Waals surface area contributed by atoms with Gasteiger partial charge in [-0.3, -0.25) is 4.79 Å². The highest BCUT2D eigenvalue weighted by molar-refractivity contribution is 5.77. The summed E-state index contributed by atoms with van der Waals surface area (Å²) in [5.74, 6) is 1.79. The van der Waals surface area contributed by atoms with Gasteiger partial charge in [0.25, 0.3) is 0 Å². The van der Waals surface area contributed by atoms with E-state index >= 15 is 0 Å². The molecule has 1 aliphatic rings. The van der Waals surface area contributed by atoms with Crippen molar-refractivity contribution >= 4 is 11.7 Å². The molecule has 0 radical (unpaired) electrons. The number of benzene rings is 1. The van der Waals surface area contributed by atoms with Crippen molar-refractivity contribution in [3.05, 3.63) is 54.0 Å². The van der Waals surface area contributed by atoms with Gasteiger partial charge >= 0.3 is 0 Å². The Kier molecular flexibility index (Phi) is 5.38. The maximum absolute atomic E-state index is 11.9. The highest BCUT2D eigenvalue weighted by Gasteiger charge is 2.21. The SMILES string of the molecule is COCC(=O)N1CCN(c2ccnc(Cc3ccccc3)n2)CC1. The first-order valence-electron chi connectivity index (χ1n) is 8.14. The van der Waals surface area contributed by atoms with Crippen LogP contribution in [0.3, 0.4) is 0 Å². The lowest BCUT2D eigenvalue weighted by atomic mass is 10.1. The molecule has 0 spiro atoms. The number of nitrogens with zero attached hydrogens (tertiary/aromatic N) is 4.